The summed E-state index contributed by atoms with van der Waals surface area (Å²) in [5.74, 6) is 1.99. The quantitative estimate of drug-likeness (QED) is 0.389. The topological polar surface area (TPSA) is 0 Å². The SMILES string of the molecule is C=BB(B=C)B=CC. The van der Waals surface area contributed by atoms with Gasteiger partial charge in [-0.1, -0.05) is 0 Å². The molecular formula is C4H8B4. The molecule has 0 fully saturated rings. The van der Waals surface area contributed by atoms with Crippen LogP contribution in [0.25, 0.3) is 0 Å². The summed E-state index contributed by atoms with van der Waals surface area (Å²) >= 11 is 0. The van der Waals surface area contributed by atoms with Crippen molar-refractivity contribution in [2.45, 2.75) is 6.92 Å². The van der Waals surface area contributed by atoms with Gasteiger partial charge in [0.1, 0.15) is 0 Å². The van der Waals surface area contributed by atoms with Gasteiger partial charge in [0, 0.05) is 0 Å². The van der Waals surface area contributed by atoms with Crippen LogP contribution in [0.4, 0.5) is 0 Å². The summed E-state index contributed by atoms with van der Waals surface area (Å²) in [7, 11) is 0. The summed E-state index contributed by atoms with van der Waals surface area (Å²) in [6.45, 7) is 15.0. The Morgan fingerprint density at radius 3 is 2.00 bits per heavy atom. The van der Waals surface area contributed by atoms with E-state index in [0.717, 1.165) is 0 Å². The molecule has 0 N–H and O–H groups in total. The summed E-state index contributed by atoms with van der Waals surface area (Å²) in [6.07, 6.45) is 0.347. The molecule has 0 aliphatic carbocycles. The first kappa shape index (κ1) is 7.87. The van der Waals surface area contributed by atoms with Crippen molar-refractivity contribution in [3.8, 4) is 0 Å². The first-order valence-electron chi connectivity index (χ1n) is 2.73. The second-order valence-electron chi connectivity index (χ2n) is 1.57. The Bertz CT molecular complexity index is 98.6. The molecule has 0 radical (unpaired) electrons. The van der Waals surface area contributed by atoms with E-state index in [0.29, 0.717) is 6.39 Å². The normalized spacial score (nSPS) is 7.12. The van der Waals surface area contributed by atoms with E-state index in [-0.39, 0.29) is 0 Å². The van der Waals surface area contributed by atoms with Gasteiger partial charge in [-0.2, -0.15) is 0 Å². The number of rotatable bonds is 3. The fourth-order valence-corrected chi connectivity index (χ4v) is 0.476. The molecule has 0 unspecified atom stereocenters. The average Bonchev–Trinajstić information content (AvgIpc) is 1.83. The molecule has 0 aliphatic rings. The maximum atomic E-state index is 3.63. The van der Waals surface area contributed by atoms with Gasteiger partial charge in [0.25, 0.3) is 0 Å². The Morgan fingerprint density at radius 1 is 1.38 bits per heavy atom. The first-order valence-corrected chi connectivity index (χ1v) is 2.73. The predicted molar refractivity (Wildman–Crippen MR) is 49.0 cm³/mol. The minimum absolute atomic E-state index is 0.347. The summed E-state index contributed by atoms with van der Waals surface area (Å²) in [6, 6.07) is 0. The first-order chi connectivity index (χ1) is 3.85. The van der Waals surface area contributed by atoms with Crippen LogP contribution in [0.1, 0.15) is 6.92 Å². The zero-order chi connectivity index (χ0) is 6.41. The molecule has 8 heavy (non-hydrogen) atoms. The van der Waals surface area contributed by atoms with Crippen LogP contribution >= 0.6 is 0 Å². The molecular weight excluding hydrogens is 91.3 g/mol. The van der Waals surface area contributed by atoms with Crippen molar-refractivity contribution in [1.29, 1.82) is 0 Å². The molecule has 0 aromatic rings. The van der Waals surface area contributed by atoms with Gasteiger partial charge in [0.05, 0.1) is 0 Å². The molecule has 0 aliphatic heterocycles. The van der Waals surface area contributed by atoms with Crippen molar-refractivity contribution >= 4 is 45.7 Å². The molecule has 36 valence electrons. The molecule has 0 heterocycles. The second-order valence-corrected chi connectivity index (χ2v) is 1.57. The average molecular weight is 99.4 g/mol. The molecule has 0 bridgehead atoms. The molecule has 4 heteroatoms. The van der Waals surface area contributed by atoms with E-state index in [1.165, 1.54) is 0 Å². The van der Waals surface area contributed by atoms with Crippen molar-refractivity contribution in [2.24, 2.45) is 0 Å². The standard InChI is InChI=1S/C4H8B4/c1-4-7-8(5-2)6-3/h4H,2-3H2,1H3. The van der Waals surface area contributed by atoms with Crippen LogP contribution in [0.5, 0.6) is 0 Å². The van der Waals surface area contributed by atoms with E-state index in [2.05, 4.69) is 12.9 Å². The molecule has 0 aromatic carbocycles. The van der Waals surface area contributed by atoms with Crippen LogP contribution in [-0.4, -0.2) is 45.7 Å². The Labute approximate surface area is 53.4 Å². The van der Waals surface area contributed by atoms with Gasteiger partial charge in [0.2, 0.25) is 0 Å². The molecule has 0 amide bonds. The summed E-state index contributed by atoms with van der Waals surface area (Å²) in [5, 5.41) is 0. The Morgan fingerprint density at radius 2 is 1.88 bits per heavy atom. The van der Waals surface area contributed by atoms with E-state index in [1.807, 2.05) is 33.3 Å². The number of hydrogen-bond donors (Lipinski definition) is 0. The van der Waals surface area contributed by atoms with Crippen LogP contribution in [-0.2, 0) is 0 Å². The van der Waals surface area contributed by atoms with Gasteiger partial charge in [0.15, 0.2) is 0 Å². The molecule has 0 saturated carbocycles. The monoisotopic (exact) mass is 100 g/mol. The second kappa shape index (κ2) is 5.02. The Balaban J connectivity index is 3.69. The van der Waals surface area contributed by atoms with Gasteiger partial charge in [-0.3, -0.25) is 0 Å². The summed E-state index contributed by atoms with van der Waals surface area (Å²) < 4.78 is 0. The number of hydrogen-bond acceptors (Lipinski definition) is 0. The van der Waals surface area contributed by atoms with Crippen LogP contribution in [0.15, 0.2) is 0 Å². The molecule has 0 rings (SSSR count). The zero-order valence-electron chi connectivity index (χ0n) is 5.30. The van der Waals surface area contributed by atoms with E-state index < -0.39 is 0 Å². The van der Waals surface area contributed by atoms with Gasteiger partial charge in [-0.25, -0.2) is 0 Å². The van der Waals surface area contributed by atoms with Crippen LogP contribution in [0.3, 0.4) is 0 Å². The molecule has 0 spiro atoms. The van der Waals surface area contributed by atoms with E-state index in [4.69, 9.17) is 0 Å². The summed E-state index contributed by atoms with van der Waals surface area (Å²) in [5.41, 5.74) is 0. The van der Waals surface area contributed by atoms with Crippen molar-refractivity contribution in [2.75, 3.05) is 0 Å². The zero-order valence-corrected chi connectivity index (χ0v) is 5.30. The molecule has 0 aromatic heterocycles. The molecule has 0 saturated heterocycles. The van der Waals surface area contributed by atoms with Gasteiger partial charge >= 0.3 is 52.6 Å². The predicted octanol–water partition coefficient (Wildman–Crippen LogP) is -1.23. The molecule has 0 nitrogen and oxygen atoms in total. The van der Waals surface area contributed by atoms with Crippen LogP contribution < -0.4 is 0 Å². The third-order valence-electron chi connectivity index (χ3n) is 0.959. The van der Waals surface area contributed by atoms with Crippen molar-refractivity contribution in [1.82, 2.24) is 0 Å². The van der Waals surface area contributed by atoms with Crippen LogP contribution in [0, 0.1) is 0 Å². The third kappa shape index (κ3) is 2.95. The third-order valence-corrected chi connectivity index (χ3v) is 0.959. The van der Waals surface area contributed by atoms with Crippen LogP contribution in [0.2, 0.25) is 0 Å². The maximum absolute atomic E-state index is 3.63. The Kier molecular flexibility index (Phi) is 4.93. The minimum atomic E-state index is 0.347. The van der Waals surface area contributed by atoms with E-state index in [9.17, 15) is 0 Å². The van der Waals surface area contributed by atoms with Crippen molar-refractivity contribution < 1.29 is 0 Å². The Hall–Kier alpha value is -0.130. The van der Waals surface area contributed by atoms with Gasteiger partial charge in [-0.15, -0.1) is 0 Å². The van der Waals surface area contributed by atoms with Crippen molar-refractivity contribution in [3.05, 3.63) is 0 Å². The van der Waals surface area contributed by atoms with E-state index >= 15 is 0 Å². The summed E-state index contributed by atoms with van der Waals surface area (Å²) in [4.78, 5) is 0. The van der Waals surface area contributed by atoms with Gasteiger partial charge in [-0.05, 0) is 0 Å². The fraction of sp³-hybridized carbons (Fsp3) is 0.250. The van der Waals surface area contributed by atoms with Crippen molar-refractivity contribution in [3.63, 3.8) is 0 Å². The molecule has 0 atom stereocenters. The fourth-order valence-electron chi connectivity index (χ4n) is 0.476. The van der Waals surface area contributed by atoms with Gasteiger partial charge < -0.3 is 0 Å². The van der Waals surface area contributed by atoms with E-state index in [1.54, 1.807) is 0 Å².